The van der Waals surface area contributed by atoms with Gasteiger partial charge in [0, 0.05) is 0 Å². The maximum atomic E-state index is 13.3. The average molecular weight is 344 g/mol. The lowest BCUT2D eigenvalue weighted by Gasteiger charge is -2.44. The molecule has 0 spiro atoms. The number of carbonyl (C=O) groups is 2. The van der Waals surface area contributed by atoms with E-state index in [4.69, 9.17) is 0 Å². The molecule has 2 rings (SSSR count). The number of nitrogens with one attached hydrogen (secondary N) is 2. The largest absolute Gasteiger partial charge is 0.437 e. The van der Waals surface area contributed by atoms with Gasteiger partial charge in [-0.3, -0.25) is 4.79 Å². The normalized spacial score (nSPS) is 27.6. The maximum absolute atomic E-state index is 13.3. The molecule has 24 heavy (non-hydrogen) atoms. The van der Waals surface area contributed by atoms with Gasteiger partial charge in [-0.25, -0.2) is 4.79 Å². The van der Waals surface area contributed by atoms with Crippen LogP contribution in [0.2, 0.25) is 0 Å². The number of hydrogen-bond donors (Lipinski definition) is 3. The van der Waals surface area contributed by atoms with E-state index in [1.807, 2.05) is 13.8 Å². The van der Waals surface area contributed by atoms with Gasteiger partial charge in [0.05, 0.1) is 12.0 Å². The van der Waals surface area contributed by atoms with Gasteiger partial charge in [-0.2, -0.15) is 13.2 Å². The van der Waals surface area contributed by atoms with Crippen LogP contribution in [0.4, 0.5) is 18.0 Å². The van der Waals surface area contributed by atoms with Crippen LogP contribution in [0.1, 0.15) is 43.9 Å². The molecule has 1 aromatic rings. The summed E-state index contributed by atoms with van der Waals surface area (Å²) in [5.74, 6) is -2.57. The van der Waals surface area contributed by atoms with Crippen molar-refractivity contribution >= 4 is 11.8 Å². The van der Waals surface area contributed by atoms with Crippen molar-refractivity contribution in [3.8, 4) is 0 Å². The van der Waals surface area contributed by atoms with E-state index in [0.29, 0.717) is 5.56 Å². The smallest absolute Gasteiger partial charge is 0.363 e. The molecule has 132 valence electrons. The molecule has 1 saturated heterocycles. The first kappa shape index (κ1) is 18.3. The van der Waals surface area contributed by atoms with E-state index in [1.54, 1.807) is 24.3 Å². The first-order valence-corrected chi connectivity index (χ1v) is 7.45. The number of aliphatic hydroxyl groups is 1. The summed E-state index contributed by atoms with van der Waals surface area (Å²) in [4.78, 5) is 23.5. The molecule has 0 aliphatic carbocycles. The van der Waals surface area contributed by atoms with Gasteiger partial charge in [0.25, 0.3) is 0 Å². The SMILES string of the molecule is CC(=O)C1C(c2ccc(C(C)C)cc2)NC(=O)NC1(O)C(F)(F)F. The average Bonchev–Trinajstić information content (AvgIpc) is 2.44. The van der Waals surface area contributed by atoms with E-state index in [2.05, 4.69) is 5.32 Å². The summed E-state index contributed by atoms with van der Waals surface area (Å²) in [7, 11) is 0. The number of Topliss-reactive ketones (excluding diaryl/α,β-unsaturated/α-hetero) is 1. The second-order valence-corrected chi connectivity index (χ2v) is 6.25. The Labute approximate surface area is 137 Å². The summed E-state index contributed by atoms with van der Waals surface area (Å²) in [5.41, 5.74) is -2.34. The molecule has 8 heteroatoms. The number of benzene rings is 1. The summed E-state index contributed by atoms with van der Waals surface area (Å²) in [6.07, 6.45) is -5.20. The molecule has 3 unspecified atom stereocenters. The molecule has 3 N–H and O–H groups in total. The number of amides is 2. The number of alkyl halides is 3. The van der Waals surface area contributed by atoms with E-state index in [1.165, 1.54) is 5.32 Å². The lowest BCUT2D eigenvalue weighted by molar-refractivity contribution is -0.290. The number of hydrogen-bond acceptors (Lipinski definition) is 3. The third kappa shape index (κ3) is 3.10. The number of rotatable bonds is 3. The van der Waals surface area contributed by atoms with Crippen LogP contribution < -0.4 is 10.6 Å². The number of carbonyl (C=O) groups excluding carboxylic acids is 2. The van der Waals surface area contributed by atoms with Crippen molar-refractivity contribution in [1.82, 2.24) is 10.6 Å². The molecule has 3 atom stereocenters. The second kappa shape index (κ2) is 6.08. The summed E-state index contributed by atoms with van der Waals surface area (Å²) >= 11 is 0. The molecular weight excluding hydrogens is 325 g/mol. The quantitative estimate of drug-likeness (QED) is 0.789. The summed E-state index contributed by atoms with van der Waals surface area (Å²) in [5, 5.41) is 13.8. The van der Waals surface area contributed by atoms with Crippen molar-refractivity contribution in [2.45, 2.75) is 44.6 Å². The zero-order valence-electron chi connectivity index (χ0n) is 13.4. The predicted molar refractivity (Wildman–Crippen MR) is 80.1 cm³/mol. The molecule has 1 heterocycles. The van der Waals surface area contributed by atoms with Crippen molar-refractivity contribution < 1.29 is 27.9 Å². The third-order valence-electron chi connectivity index (χ3n) is 4.21. The van der Waals surface area contributed by atoms with Crippen LogP contribution in [-0.2, 0) is 4.79 Å². The van der Waals surface area contributed by atoms with Crippen LogP contribution in [0.15, 0.2) is 24.3 Å². The minimum absolute atomic E-state index is 0.220. The topological polar surface area (TPSA) is 78.4 Å². The third-order valence-corrected chi connectivity index (χ3v) is 4.21. The molecule has 0 bridgehead atoms. The van der Waals surface area contributed by atoms with Crippen LogP contribution in [0.25, 0.3) is 0 Å². The molecule has 0 saturated carbocycles. The maximum Gasteiger partial charge on any atom is 0.437 e. The van der Waals surface area contributed by atoms with Crippen molar-refractivity contribution in [3.05, 3.63) is 35.4 Å². The monoisotopic (exact) mass is 344 g/mol. The lowest BCUT2D eigenvalue weighted by Crippen LogP contribution is -2.72. The van der Waals surface area contributed by atoms with Crippen LogP contribution in [-0.4, -0.2) is 28.8 Å². The minimum Gasteiger partial charge on any atom is -0.363 e. The Morgan fingerprint density at radius 3 is 2.21 bits per heavy atom. The van der Waals surface area contributed by atoms with Crippen LogP contribution in [0.3, 0.4) is 0 Å². The summed E-state index contributed by atoms with van der Waals surface area (Å²) < 4.78 is 40.0. The molecule has 2 amide bonds. The van der Waals surface area contributed by atoms with Gasteiger partial charge in [-0.05, 0) is 24.0 Å². The van der Waals surface area contributed by atoms with E-state index in [0.717, 1.165) is 12.5 Å². The summed E-state index contributed by atoms with van der Waals surface area (Å²) in [6.45, 7) is 4.88. The van der Waals surface area contributed by atoms with Gasteiger partial charge in [0.15, 0.2) is 0 Å². The molecule has 5 nitrogen and oxygen atoms in total. The van der Waals surface area contributed by atoms with E-state index < -0.39 is 35.7 Å². The highest BCUT2D eigenvalue weighted by Crippen LogP contribution is 2.42. The Hall–Kier alpha value is -2.09. The van der Waals surface area contributed by atoms with Gasteiger partial charge in [0.1, 0.15) is 5.78 Å². The fourth-order valence-corrected chi connectivity index (χ4v) is 2.89. The predicted octanol–water partition coefficient (Wildman–Crippen LogP) is 2.62. The van der Waals surface area contributed by atoms with Crippen LogP contribution in [0.5, 0.6) is 0 Å². The van der Waals surface area contributed by atoms with Crippen LogP contribution >= 0.6 is 0 Å². The van der Waals surface area contributed by atoms with E-state index in [9.17, 15) is 27.9 Å². The van der Waals surface area contributed by atoms with Crippen molar-refractivity contribution in [2.24, 2.45) is 5.92 Å². The standard InChI is InChI=1S/C16H19F3N2O3/c1-8(2)10-4-6-11(7-5-10)13-12(9(3)22)15(24,16(17,18)19)21-14(23)20-13/h4-8,12-13,24H,1-3H3,(H2,20,21,23). The van der Waals surface area contributed by atoms with Crippen molar-refractivity contribution in [1.29, 1.82) is 0 Å². The molecule has 0 aromatic heterocycles. The Balaban J connectivity index is 2.50. The fraction of sp³-hybridized carbons (Fsp3) is 0.500. The highest BCUT2D eigenvalue weighted by molar-refractivity contribution is 5.86. The molecule has 0 radical (unpaired) electrons. The minimum atomic E-state index is -5.20. The molecule has 1 aliphatic rings. The summed E-state index contributed by atoms with van der Waals surface area (Å²) in [6, 6.07) is 4.07. The molecular formula is C16H19F3N2O3. The Bertz CT molecular complexity index is 643. The Morgan fingerprint density at radius 2 is 1.79 bits per heavy atom. The number of ketones is 1. The zero-order chi connectivity index (χ0) is 18.3. The first-order chi connectivity index (χ1) is 11.0. The zero-order valence-corrected chi connectivity index (χ0v) is 13.4. The number of halogens is 3. The van der Waals surface area contributed by atoms with Gasteiger partial charge in [-0.1, -0.05) is 38.1 Å². The molecule has 1 fully saturated rings. The van der Waals surface area contributed by atoms with Crippen LogP contribution in [0, 0.1) is 5.92 Å². The lowest BCUT2D eigenvalue weighted by atomic mass is 9.79. The number of urea groups is 1. The Morgan fingerprint density at radius 1 is 1.25 bits per heavy atom. The molecule has 1 aliphatic heterocycles. The van der Waals surface area contributed by atoms with Gasteiger partial charge in [0.2, 0.25) is 5.72 Å². The molecule has 1 aromatic carbocycles. The van der Waals surface area contributed by atoms with Gasteiger partial charge < -0.3 is 15.7 Å². The van der Waals surface area contributed by atoms with Crippen molar-refractivity contribution in [3.63, 3.8) is 0 Å². The van der Waals surface area contributed by atoms with Crippen molar-refractivity contribution in [2.75, 3.05) is 0 Å². The first-order valence-electron chi connectivity index (χ1n) is 7.45. The van der Waals surface area contributed by atoms with E-state index in [-0.39, 0.29) is 5.92 Å². The Kier molecular flexibility index (Phi) is 4.63. The van der Waals surface area contributed by atoms with Gasteiger partial charge >= 0.3 is 12.2 Å². The van der Waals surface area contributed by atoms with E-state index >= 15 is 0 Å². The van der Waals surface area contributed by atoms with Gasteiger partial charge in [-0.15, -0.1) is 0 Å². The second-order valence-electron chi connectivity index (χ2n) is 6.25. The fourth-order valence-electron chi connectivity index (χ4n) is 2.89. The highest BCUT2D eigenvalue weighted by Gasteiger charge is 2.65. The highest BCUT2D eigenvalue weighted by atomic mass is 19.4.